The molecule has 1 amide bonds. The van der Waals surface area contributed by atoms with Gasteiger partial charge in [0.15, 0.2) is 11.5 Å². The molecule has 0 aliphatic carbocycles. The third kappa shape index (κ3) is 3.46. The van der Waals surface area contributed by atoms with Gasteiger partial charge in [-0.2, -0.15) is 0 Å². The van der Waals surface area contributed by atoms with E-state index in [1.807, 2.05) is 0 Å². The van der Waals surface area contributed by atoms with Gasteiger partial charge in [-0.3, -0.25) is 19.7 Å². The summed E-state index contributed by atoms with van der Waals surface area (Å²) in [4.78, 5) is 36.5. The standard InChI is InChI=1S/C19H16N2O7/c22-18-9-12(19(23)28-15-4-1-13(2-5-15)21(24)25)11-20(18)14-3-6-16-17(10-14)27-8-7-26-16/h1-6,10,12H,7-9,11H2/t12-/m0/s1. The summed E-state index contributed by atoms with van der Waals surface area (Å²) in [5.41, 5.74) is 0.528. The highest BCUT2D eigenvalue weighted by atomic mass is 16.6. The first-order chi connectivity index (χ1) is 13.5. The Balaban J connectivity index is 1.44. The van der Waals surface area contributed by atoms with Crippen LogP contribution < -0.4 is 19.1 Å². The molecule has 2 aromatic rings. The summed E-state index contributed by atoms with van der Waals surface area (Å²) in [5, 5.41) is 10.7. The summed E-state index contributed by atoms with van der Waals surface area (Å²) < 4.78 is 16.3. The van der Waals surface area contributed by atoms with Gasteiger partial charge in [-0.15, -0.1) is 0 Å². The molecule has 144 valence electrons. The highest BCUT2D eigenvalue weighted by Gasteiger charge is 2.37. The average molecular weight is 384 g/mol. The zero-order valence-electron chi connectivity index (χ0n) is 14.7. The molecule has 0 N–H and O–H groups in total. The third-order valence-electron chi connectivity index (χ3n) is 4.56. The molecule has 9 heteroatoms. The van der Waals surface area contributed by atoms with E-state index in [9.17, 15) is 19.7 Å². The molecule has 0 spiro atoms. The van der Waals surface area contributed by atoms with Crippen molar-refractivity contribution < 1.29 is 28.7 Å². The van der Waals surface area contributed by atoms with Crippen LogP contribution in [-0.4, -0.2) is 36.6 Å². The lowest BCUT2D eigenvalue weighted by atomic mass is 10.1. The van der Waals surface area contributed by atoms with Gasteiger partial charge >= 0.3 is 5.97 Å². The number of esters is 1. The number of nitro benzene ring substituents is 1. The topological polar surface area (TPSA) is 108 Å². The smallest absolute Gasteiger partial charge is 0.316 e. The number of carbonyl (C=O) groups is 2. The Labute approximate surface area is 159 Å². The zero-order valence-corrected chi connectivity index (χ0v) is 14.7. The molecule has 2 aliphatic heterocycles. The van der Waals surface area contributed by atoms with Crippen LogP contribution in [0, 0.1) is 16.0 Å². The van der Waals surface area contributed by atoms with E-state index in [1.165, 1.54) is 29.2 Å². The van der Waals surface area contributed by atoms with Gasteiger partial charge in [0.05, 0.1) is 10.8 Å². The van der Waals surface area contributed by atoms with Gasteiger partial charge in [0, 0.05) is 36.9 Å². The number of ether oxygens (including phenoxy) is 3. The normalized spacial score (nSPS) is 18.1. The van der Waals surface area contributed by atoms with Gasteiger partial charge in [0.2, 0.25) is 5.91 Å². The van der Waals surface area contributed by atoms with E-state index < -0.39 is 16.8 Å². The summed E-state index contributed by atoms with van der Waals surface area (Å²) in [5.74, 6) is 0.00512. The van der Waals surface area contributed by atoms with Crippen molar-refractivity contribution >= 4 is 23.3 Å². The Morgan fingerprint density at radius 2 is 1.82 bits per heavy atom. The molecule has 1 saturated heterocycles. The fourth-order valence-electron chi connectivity index (χ4n) is 3.15. The molecule has 0 saturated carbocycles. The first-order valence-electron chi connectivity index (χ1n) is 8.67. The Morgan fingerprint density at radius 1 is 1.11 bits per heavy atom. The number of rotatable bonds is 4. The summed E-state index contributed by atoms with van der Waals surface area (Å²) in [6, 6.07) is 10.4. The Bertz CT molecular complexity index is 942. The maximum atomic E-state index is 12.4. The van der Waals surface area contributed by atoms with Crippen molar-refractivity contribution in [2.24, 2.45) is 5.92 Å². The van der Waals surface area contributed by atoms with E-state index in [2.05, 4.69) is 0 Å². The summed E-state index contributed by atoms with van der Waals surface area (Å²) in [6.45, 7) is 1.10. The second-order valence-electron chi connectivity index (χ2n) is 6.41. The fraction of sp³-hybridized carbons (Fsp3) is 0.263. The number of benzene rings is 2. The maximum Gasteiger partial charge on any atom is 0.316 e. The number of carbonyl (C=O) groups excluding carboxylic acids is 2. The minimum Gasteiger partial charge on any atom is -0.486 e. The van der Waals surface area contributed by atoms with Crippen LogP contribution in [0.5, 0.6) is 17.2 Å². The van der Waals surface area contributed by atoms with Crippen molar-refractivity contribution in [3.63, 3.8) is 0 Å². The second-order valence-corrected chi connectivity index (χ2v) is 6.41. The number of hydrogen-bond donors (Lipinski definition) is 0. The number of nitrogens with zero attached hydrogens (tertiary/aromatic N) is 2. The molecule has 0 aromatic heterocycles. The first-order valence-corrected chi connectivity index (χ1v) is 8.67. The number of amides is 1. The first kappa shape index (κ1) is 17.8. The number of non-ortho nitro benzene ring substituents is 1. The maximum absolute atomic E-state index is 12.4. The van der Waals surface area contributed by atoms with Crippen LogP contribution in [0.15, 0.2) is 42.5 Å². The Hall–Kier alpha value is -3.62. The fourth-order valence-corrected chi connectivity index (χ4v) is 3.15. The van der Waals surface area contributed by atoms with Gasteiger partial charge in [0.25, 0.3) is 5.69 Å². The minimum atomic E-state index is -0.629. The number of fused-ring (bicyclic) bond motifs is 1. The van der Waals surface area contributed by atoms with Gasteiger partial charge in [-0.05, 0) is 24.3 Å². The van der Waals surface area contributed by atoms with Gasteiger partial charge in [0.1, 0.15) is 19.0 Å². The highest BCUT2D eigenvalue weighted by molar-refractivity contribution is 6.00. The van der Waals surface area contributed by atoms with Crippen LogP contribution in [0.3, 0.4) is 0 Å². The molecular formula is C19H16N2O7. The second kappa shape index (κ2) is 7.18. The Kier molecular flexibility index (Phi) is 4.56. The SMILES string of the molecule is O=C(Oc1ccc([N+](=O)[O-])cc1)[C@H]1CC(=O)N(c2ccc3c(c2)OCCO3)C1. The van der Waals surface area contributed by atoms with Crippen LogP contribution in [0.1, 0.15) is 6.42 Å². The third-order valence-corrected chi connectivity index (χ3v) is 4.56. The molecule has 0 unspecified atom stereocenters. The molecule has 28 heavy (non-hydrogen) atoms. The quantitative estimate of drug-likeness (QED) is 0.344. The lowest BCUT2D eigenvalue weighted by Gasteiger charge is -2.22. The molecule has 2 aliphatic rings. The van der Waals surface area contributed by atoms with Gasteiger partial charge < -0.3 is 19.1 Å². The monoisotopic (exact) mass is 384 g/mol. The average Bonchev–Trinajstić information content (AvgIpc) is 3.10. The van der Waals surface area contributed by atoms with Crippen molar-refractivity contribution in [1.29, 1.82) is 0 Å². The molecule has 4 rings (SSSR count). The molecule has 2 aromatic carbocycles. The van der Waals surface area contributed by atoms with E-state index in [0.717, 1.165) is 0 Å². The van der Waals surface area contributed by atoms with Crippen molar-refractivity contribution in [1.82, 2.24) is 0 Å². The zero-order chi connectivity index (χ0) is 19.7. The van der Waals surface area contributed by atoms with Crippen molar-refractivity contribution in [2.75, 3.05) is 24.7 Å². The van der Waals surface area contributed by atoms with Crippen LogP contribution in [0.25, 0.3) is 0 Å². The number of hydrogen-bond acceptors (Lipinski definition) is 7. The number of anilines is 1. The van der Waals surface area contributed by atoms with Gasteiger partial charge in [-0.1, -0.05) is 0 Å². The Morgan fingerprint density at radius 3 is 2.54 bits per heavy atom. The van der Waals surface area contributed by atoms with E-state index in [-0.39, 0.29) is 30.3 Å². The van der Waals surface area contributed by atoms with Crippen LogP contribution in [0.4, 0.5) is 11.4 Å². The summed E-state index contributed by atoms with van der Waals surface area (Å²) in [6.07, 6.45) is 0.0280. The molecular weight excluding hydrogens is 368 g/mol. The predicted molar refractivity (Wildman–Crippen MR) is 96.6 cm³/mol. The van der Waals surface area contributed by atoms with Crippen LogP contribution in [-0.2, 0) is 9.59 Å². The van der Waals surface area contributed by atoms with E-state index >= 15 is 0 Å². The predicted octanol–water partition coefficient (Wildman–Crippen LogP) is 2.32. The molecule has 1 atom stereocenters. The highest BCUT2D eigenvalue weighted by Crippen LogP contribution is 2.36. The summed E-state index contributed by atoms with van der Waals surface area (Å²) in [7, 11) is 0. The number of nitro groups is 1. The molecule has 1 fully saturated rings. The minimum absolute atomic E-state index is 0.0280. The largest absolute Gasteiger partial charge is 0.486 e. The molecule has 0 radical (unpaired) electrons. The van der Waals surface area contributed by atoms with Gasteiger partial charge in [-0.25, -0.2) is 0 Å². The van der Waals surface area contributed by atoms with Crippen molar-refractivity contribution in [3.8, 4) is 17.2 Å². The van der Waals surface area contributed by atoms with E-state index in [1.54, 1.807) is 18.2 Å². The van der Waals surface area contributed by atoms with Crippen LogP contribution in [0.2, 0.25) is 0 Å². The van der Waals surface area contributed by atoms with E-state index in [0.29, 0.717) is 30.4 Å². The van der Waals surface area contributed by atoms with Crippen molar-refractivity contribution in [3.05, 3.63) is 52.6 Å². The molecule has 0 bridgehead atoms. The molecule has 9 nitrogen and oxygen atoms in total. The lowest BCUT2D eigenvalue weighted by molar-refractivity contribution is -0.384. The lowest BCUT2D eigenvalue weighted by Crippen LogP contribution is -2.27. The van der Waals surface area contributed by atoms with Crippen molar-refractivity contribution in [2.45, 2.75) is 6.42 Å². The molecule has 2 heterocycles. The van der Waals surface area contributed by atoms with E-state index in [4.69, 9.17) is 14.2 Å². The summed E-state index contributed by atoms with van der Waals surface area (Å²) >= 11 is 0. The van der Waals surface area contributed by atoms with Crippen LogP contribution >= 0.6 is 0 Å².